The number of carbonyl (C=O) groups excluding carboxylic acids is 1. The molecule has 2 aromatic rings. The van der Waals surface area contributed by atoms with E-state index in [-0.39, 0.29) is 5.91 Å². The van der Waals surface area contributed by atoms with Crippen LogP contribution in [0.4, 0.5) is 8.78 Å². The lowest BCUT2D eigenvalue weighted by atomic mass is 10.0. The van der Waals surface area contributed by atoms with Crippen molar-refractivity contribution in [3.63, 3.8) is 0 Å². The SMILES string of the molecule is O=C(NC(CN1CCCC1)c1ccc(F)c(F)c1)c1ccc2c(c1)OCCO2. The molecule has 1 unspecified atom stereocenters. The summed E-state index contributed by atoms with van der Waals surface area (Å²) in [7, 11) is 0. The standard InChI is InChI=1S/C21H22F2N2O3/c22-16-5-3-14(11-17(16)23)18(13-25-7-1-2-8-25)24-21(26)15-4-6-19-20(12-15)28-10-9-27-19/h3-6,11-12,18H,1-2,7-10,13H2,(H,24,26). The van der Waals surface area contributed by atoms with Crippen LogP contribution in [0.15, 0.2) is 36.4 Å². The molecule has 5 nitrogen and oxygen atoms in total. The molecule has 4 rings (SSSR count). The number of halogens is 2. The lowest BCUT2D eigenvalue weighted by Gasteiger charge is -2.25. The van der Waals surface area contributed by atoms with Gasteiger partial charge in [-0.15, -0.1) is 0 Å². The van der Waals surface area contributed by atoms with E-state index >= 15 is 0 Å². The lowest BCUT2D eigenvalue weighted by Crippen LogP contribution is -2.37. The van der Waals surface area contributed by atoms with Crippen molar-refractivity contribution in [3.8, 4) is 11.5 Å². The minimum Gasteiger partial charge on any atom is -0.486 e. The maximum atomic E-state index is 13.8. The second-order valence-corrected chi connectivity index (χ2v) is 7.07. The number of rotatable bonds is 5. The van der Waals surface area contributed by atoms with Crippen molar-refractivity contribution in [2.75, 3.05) is 32.8 Å². The Balaban J connectivity index is 1.55. The van der Waals surface area contributed by atoms with E-state index in [0.717, 1.165) is 38.1 Å². The molecule has 1 saturated heterocycles. The van der Waals surface area contributed by atoms with Crippen molar-refractivity contribution in [2.24, 2.45) is 0 Å². The number of nitrogens with one attached hydrogen (secondary N) is 1. The zero-order valence-corrected chi connectivity index (χ0v) is 15.4. The van der Waals surface area contributed by atoms with Crippen LogP contribution in [0.2, 0.25) is 0 Å². The van der Waals surface area contributed by atoms with Gasteiger partial charge in [0, 0.05) is 12.1 Å². The molecule has 0 saturated carbocycles. The van der Waals surface area contributed by atoms with Crippen molar-refractivity contribution >= 4 is 5.91 Å². The maximum absolute atomic E-state index is 13.8. The zero-order chi connectivity index (χ0) is 19.5. The fraction of sp³-hybridized carbons (Fsp3) is 0.381. The van der Waals surface area contributed by atoms with E-state index in [4.69, 9.17) is 9.47 Å². The van der Waals surface area contributed by atoms with E-state index in [1.165, 1.54) is 6.07 Å². The molecule has 28 heavy (non-hydrogen) atoms. The summed E-state index contributed by atoms with van der Waals surface area (Å²) in [5.74, 6) is -0.981. The third-order valence-electron chi connectivity index (χ3n) is 5.10. The number of nitrogens with zero attached hydrogens (tertiary/aromatic N) is 1. The van der Waals surface area contributed by atoms with E-state index in [1.807, 2.05) is 0 Å². The summed E-state index contributed by atoms with van der Waals surface area (Å²) in [6.07, 6.45) is 2.20. The summed E-state index contributed by atoms with van der Waals surface area (Å²) >= 11 is 0. The first kappa shape index (κ1) is 18.7. The third-order valence-corrected chi connectivity index (χ3v) is 5.10. The van der Waals surface area contributed by atoms with Crippen LogP contribution in [0.1, 0.15) is 34.8 Å². The van der Waals surface area contributed by atoms with Crippen LogP contribution in [0.3, 0.4) is 0 Å². The van der Waals surface area contributed by atoms with Crippen LogP contribution < -0.4 is 14.8 Å². The van der Waals surface area contributed by atoms with Gasteiger partial charge in [-0.1, -0.05) is 6.07 Å². The van der Waals surface area contributed by atoms with Crippen molar-refractivity contribution in [1.29, 1.82) is 0 Å². The first-order valence-electron chi connectivity index (χ1n) is 9.48. The summed E-state index contributed by atoms with van der Waals surface area (Å²) in [5, 5.41) is 2.96. The molecule has 1 atom stereocenters. The van der Waals surface area contributed by atoms with Crippen LogP contribution in [0.25, 0.3) is 0 Å². The normalized spacial score (nSPS) is 17.4. The largest absolute Gasteiger partial charge is 0.486 e. The van der Waals surface area contributed by atoms with Crippen molar-refractivity contribution in [3.05, 3.63) is 59.2 Å². The van der Waals surface area contributed by atoms with Gasteiger partial charge in [0.25, 0.3) is 5.91 Å². The molecule has 1 fully saturated rings. The van der Waals surface area contributed by atoms with Crippen LogP contribution in [-0.2, 0) is 0 Å². The number of likely N-dealkylation sites (tertiary alicyclic amines) is 1. The van der Waals surface area contributed by atoms with Gasteiger partial charge in [0.15, 0.2) is 23.1 Å². The molecule has 1 amide bonds. The molecule has 0 radical (unpaired) electrons. The Morgan fingerprint density at radius 3 is 2.50 bits per heavy atom. The molecule has 2 aliphatic heterocycles. The molecule has 2 aliphatic rings. The van der Waals surface area contributed by atoms with Gasteiger partial charge in [-0.2, -0.15) is 0 Å². The number of hydrogen-bond donors (Lipinski definition) is 1. The summed E-state index contributed by atoms with van der Waals surface area (Å²) in [6, 6.07) is 8.33. The third kappa shape index (κ3) is 4.09. The van der Waals surface area contributed by atoms with Crippen LogP contribution >= 0.6 is 0 Å². The predicted molar refractivity (Wildman–Crippen MR) is 99.7 cm³/mol. The second-order valence-electron chi connectivity index (χ2n) is 7.07. The van der Waals surface area contributed by atoms with Crippen molar-refractivity contribution < 1.29 is 23.0 Å². The van der Waals surface area contributed by atoms with Gasteiger partial charge in [-0.3, -0.25) is 4.79 Å². The minimum absolute atomic E-state index is 0.300. The highest BCUT2D eigenvalue weighted by Crippen LogP contribution is 2.31. The molecule has 2 aromatic carbocycles. The van der Waals surface area contributed by atoms with Gasteiger partial charge in [-0.05, 0) is 61.8 Å². The number of fused-ring (bicyclic) bond motifs is 1. The second kappa shape index (κ2) is 8.14. The van der Waals surface area contributed by atoms with Gasteiger partial charge in [0.1, 0.15) is 13.2 Å². The number of amides is 1. The van der Waals surface area contributed by atoms with E-state index in [0.29, 0.717) is 42.4 Å². The predicted octanol–water partition coefficient (Wildman–Crippen LogP) is 3.30. The Morgan fingerprint density at radius 2 is 1.75 bits per heavy atom. The Morgan fingerprint density at radius 1 is 1.00 bits per heavy atom. The Kier molecular flexibility index (Phi) is 5.43. The smallest absolute Gasteiger partial charge is 0.251 e. The molecule has 148 valence electrons. The highest BCUT2D eigenvalue weighted by molar-refractivity contribution is 5.95. The maximum Gasteiger partial charge on any atom is 0.251 e. The van der Waals surface area contributed by atoms with Crippen molar-refractivity contribution in [1.82, 2.24) is 10.2 Å². The van der Waals surface area contributed by atoms with E-state index in [9.17, 15) is 13.6 Å². The Hall–Kier alpha value is -2.67. The first-order chi connectivity index (χ1) is 13.6. The van der Waals surface area contributed by atoms with Gasteiger partial charge >= 0.3 is 0 Å². The quantitative estimate of drug-likeness (QED) is 0.854. The highest BCUT2D eigenvalue weighted by Gasteiger charge is 2.23. The number of carbonyl (C=O) groups is 1. The fourth-order valence-corrected chi connectivity index (χ4v) is 3.61. The molecule has 1 N–H and O–H groups in total. The van der Waals surface area contributed by atoms with E-state index in [1.54, 1.807) is 18.2 Å². The topological polar surface area (TPSA) is 50.8 Å². The molecular formula is C21H22F2N2O3. The molecule has 2 heterocycles. The Labute approximate surface area is 162 Å². The van der Waals surface area contributed by atoms with Crippen molar-refractivity contribution in [2.45, 2.75) is 18.9 Å². The number of ether oxygens (including phenoxy) is 2. The summed E-state index contributed by atoms with van der Waals surface area (Å²) < 4.78 is 38.1. The number of hydrogen-bond acceptors (Lipinski definition) is 4. The van der Waals surface area contributed by atoms with E-state index in [2.05, 4.69) is 10.2 Å². The zero-order valence-electron chi connectivity index (χ0n) is 15.4. The van der Waals surface area contributed by atoms with Gasteiger partial charge in [-0.25, -0.2) is 8.78 Å². The molecule has 0 spiro atoms. The molecule has 0 aromatic heterocycles. The van der Waals surface area contributed by atoms with Gasteiger partial charge < -0.3 is 19.7 Å². The van der Waals surface area contributed by atoms with Crippen LogP contribution in [-0.4, -0.2) is 43.7 Å². The summed E-state index contributed by atoms with van der Waals surface area (Å²) in [6.45, 7) is 3.32. The van der Waals surface area contributed by atoms with Gasteiger partial charge in [0.05, 0.1) is 6.04 Å². The van der Waals surface area contributed by atoms with Gasteiger partial charge in [0.2, 0.25) is 0 Å². The molecule has 0 bridgehead atoms. The van der Waals surface area contributed by atoms with E-state index < -0.39 is 17.7 Å². The molecular weight excluding hydrogens is 366 g/mol. The summed E-state index contributed by atoms with van der Waals surface area (Å²) in [4.78, 5) is 15.1. The lowest BCUT2D eigenvalue weighted by molar-refractivity contribution is 0.0926. The van der Waals surface area contributed by atoms with Crippen LogP contribution in [0, 0.1) is 11.6 Å². The number of benzene rings is 2. The fourth-order valence-electron chi connectivity index (χ4n) is 3.61. The molecule has 0 aliphatic carbocycles. The Bertz CT molecular complexity index is 869. The average Bonchev–Trinajstić information content (AvgIpc) is 3.22. The average molecular weight is 388 g/mol. The summed E-state index contributed by atoms with van der Waals surface area (Å²) in [5.41, 5.74) is 0.968. The monoisotopic (exact) mass is 388 g/mol. The van der Waals surface area contributed by atoms with Crippen LogP contribution in [0.5, 0.6) is 11.5 Å². The minimum atomic E-state index is -0.919. The first-order valence-corrected chi connectivity index (χ1v) is 9.48. The molecule has 7 heteroatoms. The highest BCUT2D eigenvalue weighted by atomic mass is 19.2.